The Balaban J connectivity index is 2.62. The van der Waals surface area contributed by atoms with E-state index in [1.165, 1.54) is 12.8 Å². The lowest BCUT2D eigenvalue weighted by Crippen LogP contribution is -2.50. The van der Waals surface area contributed by atoms with Crippen molar-refractivity contribution in [3.8, 4) is 6.07 Å². The van der Waals surface area contributed by atoms with E-state index in [1.807, 2.05) is 25.7 Å². The van der Waals surface area contributed by atoms with Crippen molar-refractivity contribution >= 4 is 5.91 Å². The van der Waals surface area contributed by atoms with Crippen LogP contribution in [0.15, 0.2) is 0 Å². The highest BCUT2D eigenvalue weighted by atomic mass is 16.2. The number of rotatable bonds is 5. The Morgan fingerprint density at radius 3 is 2.47 bits per heavy atom. The first-order chi connectivity index (χ1) is 8.06. The third-order valence-electron chi connectivity index (χ3n) is 3.35. The summed E-state index contributed by atoms with van der Waals surface area (Å²) in [5.41, 5.74) is 0. The number of carbonyl (C=O) groups is 1. The van der Waals surface area contributed by atoms with Gasteiger partial charge in [-0.1, -0.05) is 12.8 Å². The van der Waals surface area contributed by atoms with E-state index in [1.54, 1.807) is 0 Å². The Kier molecular flexibility index (Phi) is 5.43. The largest absolute Gasteiger partial charge is 0.353 e. The van der Waals surface area contributed by atoms with E-state index in [9.17, 15) is 4.79 Å². The molecular weight excluding hydrogens is 214 g/mol. The minimum absolute atomic E-state index is 0.0298. The number of hydrogen-bond acceptors (Lipinski definition) is 3. The molecule has 1 rings (SSSR count). The fraction of sp³-hybridized carbons (Fsp3) is 0.846. The van der Waals surface area contributed by atoms with Crippen molar-refractivity contribution in [1.82, 2.24) is 10.2 Å². The highest BCUT2D eigenvalue weighted by Gasteiger charge is 2.29. The summed E-state index contributed by atoms with van der Waals surface area (Å²) in [6.07, 6.45) is 4.65. The van der Waals surface area contributed by atoms with Crippen molar-refractivity contribution in [3.63, 3.8) is 0 Å². The van der Waals surface area contributed by atoms with Crippen molar-refractivity contribution in [1.29, 1.82) is 5.26 Å². The number of carbonyl (C=O) groups excluding carboxylic acids is 1. The molecule has 1 N–H and O–H groups in total. The zero-order valence-corrected chi connectivity index (χ0v) is 11.1. The summed E-state index contributed by atoms with van der Waals surface area (Å²) in [6, 6.07) is 2.53. The van der Waals surface area contributed by atoms with E-state index < -0.39 is 0 Å². The summed E-state index contributed by atoms with van der Waals surface area (Å²) < 4.78 is 0. The summed E-state index contributed by atoms with van der Waals surface area (Å²) in [4.78, 5) is 14.0. The van der Waals surface area contributed by atoms with Crippen molar-refractivity contribution in [2.24, 2.45) is 0 Å². The van der Waals surface area contributed by atoms with Gasteiger partial charge in [0.1, 0.15) is 0 Å². The van der Waals surface area contributed by atoms with Crippen molar-refractivity contribution in [2.45, 2.75) is 64.6 Å². The molecule has 1 aliphatic carbocycles. The van der Waals surface area contributed by atoms with E-state index >= 15 is 0 Å². The van der Waals surface area contributed by atoms with Gasteiger partial charge in [0.15, 0.2) is 0 Å². The quantitative estimate of drug-likeness (QED) is 0.740. The van der Waals surface area contributed by atoms with Crippen LogP contribution < -0.4 is 5.32 Å². The number of hydrogen-bond donors (Lipinski definition) is 1. The lowest BCUT2D eigenvalue weighted by molar-refractivity contribution is -0.127. The zero-order chi connectivity index (χ0) is 12.8. The summed E-state index contributed by atoms with van der Waals surface area (Å²) in [5, 5.41) is 11.8. The van der Waals surface area contributed by atoms with Crippen LogP contribution in [0.2, 0.25) is 0 Å². The van der Waals surface area contributed by atoms with E-state index in [2.05, 4.69) is 11.4 Å². The minimum atomic E-state index is -0.208. The van der Waals surface area contributed by atoms with Gasteiger partial charge in [0.05, 0.1) is 18.7 Å². The van der Waals surface area contributed by atoms with Gasteiger partial charge >= 0.3 is 0 Å². The van der Waals surface area contributed by atoms with Crippen LogP contribution >= 0.6 is 0 Å². The summed E-state index contributed by atoms with van der Waals surface area (Å²) >= 11 is 0. The number of amides is 1. The molecule has 1 aliphatic rings. The molecular formula is C13H23N3O. The molecule has 0 aromatic carbocycles. The van der Waals surface area contributed by atoms with E-state index in [4.69, 9.17) is 5.26 Å². The first-order valence-electron chi connectivity index (χ1n) is 6.49. The molecule has 0 aromatic heterocycles. The van der Waals surface area contributed by atoms with Gasteiger partial charge in [-0.2, -0.15) is 5.26 Å². The maximum Gasteiger partial charge on any atom is 0.237 e. The van der Waals surface area contributed by atoms with E-state index in [0.717, 1.165) is 12.8 Å². The van der Waals surface area contributed by atoms with Gasteiger partial charge in [0.2, 0.25) is 5.91 Å². The maximum absolute atomic E-state index is 12.0. The third kappa shape index (κ3) is 4.01. The normalized spacial score (nSPS) is 18.4. The average Bonchev–Trinajstić information content (AvgIpc) is 2.77. The molecule has 0 heterocycles. The third-order valence-corrected chi connectivity index (χ3v) is 3.35. The van der Waals surface area contributed by atoms with Crippen LogP contribution in [0, 0.1) is 11.3 Å². The molecule has 0 spiro atoms. The van der Waals surface area contributed by atoms with Crippen molar-refractivity contribution in [2.75, 3.05) is 6.54 Å². The van der Waals surface area contributed by atoms with Gasteiger partial charge in [0.25, 0.3) is 0 Å². The molecule has 0 bridgehead atoms. The molecule has 1 unspecified atom stereocenters. The Morgan fingerprint density at radius 1 is 1.41 bits per heavy atom. The Hall–Kier alpha value is -1.08. The first-order valence-corrected chi connectivity index (χ1v) is 6.49. The van der Waals surface area contributed by atoms with Gasteiger partial charge in [0, 0.05) is 12.1 Å². The number of nitrogens with one attached hydrogen (secondary N) is 1. The van der Waals surface area contributed by atoms with Crippen LogP contribution in [0.5, 0.6) is 0 Å². The Labute approximate surface area is 104 Å². The first kappa shape index (κ1) is 14.0. The maximum atomic E-state index is 12.0. The van der Waals surface area contributed by atoms with Crippen molar-refractivity contribution < 1.29 is 4.79 Å². The molecule has 0 saturated heterocycles. The monoisotopic (exact) mass is 237 g/mol. The Morgan fingerprint density at radius 2 is 2.00 bits per heavy atom. The Bertz CT molecular complexity index is 290. The molecule has 0 radical (unpaired) electrons. The lowest BCUT2D eigenvalue weighted by Gasteiger charge is -2.31. The average molecular weight is 237 g/mol. The van der Waals surface area contributed by atoms with Gasteiger partial charge in [-0.15, -0.1) is 0 Å². The fourth-order valence-corrected chi connectivity index (χ4v) is 2.46. The smallest absolute Gasteiger partial charge is 0.237 e. The van der Waals surface area contributed by atoms with Gasteiger partial charge in [-0.05, 0) is 33.6 Å². The van der Waals surface area contributed by atoms with E-state index in [-0.39, 0.29) is 18.0 Å². The summed E-state index contributed by atoms with van der Waals surface area (Å²) in [5.74, 6) is 0.0298. The molecule has 0 aromatic rings. The molecule has 1 atom stereocenters. The summed E-state index contributed by atoms with van der Waals surface area (Å²) in [7, 11) is 0. The zero-order valence-electron chi connectivity index (χ0n) is 11.1. The second kappa shape index (κ2) is 6.61. The van der Waals surface area contributed by atoms with Gasteiger partial charge < -0.3 is 5.32 Å². The highest BCUT2D eigenvalue weighted by Crippen LogP contribution is 2.24. The van der Waals surface area contributed by atoms with Gasteiger partial charge in [-0.3, -0.25) is 9.69 Å². The highest BCUT2D eigenvalue weighted by molar-refractivity contribution is 5.81. The molecule has 1 saturated carbocycles. The fourth-order valence-electron chi connectivity index (χ4n) is 2.46. The molecule has 17 heavy (non-hydrogen) atoms. The molecule has 0 aliphatic heterocycles. The second-order valence-electron chi connectivity index (χ2n) is 5.11. The molecule has 96 valence electrons. The predicted octanol–water partition coefficient (Wildman–Crippen LogP) is 1.67. The number of nitriles is 1. The van der Waals surface area contributed by atoms with E-state index in [0.29, 0.717) is 12.6 Å². The molecule has 1 fully saturated rings. The second-order valence-corrected chi connectivity index (χ2v) is 5.11. The van der Waals surface area contributed by atoms with Crippen LogP contribution in [0.25, 0.3) is 0 Å². The van der Waals surface area contributed by atoms with Crippen LogP contribution in [0.3, 0.4) is 0 Å². The topological polar surface area (TPSA) is 56.1 Å². The summed E-state index contributed by atoms with van der Waals surface area (Å²) in [6.45, 7) is 6.15. The predicted molar refractivity (Wildman–Crippen MR) is 67.3 cm³/mol. The van der Waals surface area contributed by atoms with Crippen molar-refractivity contribution in [3.05, 3.63) is 0 Å². The standard InChI is InChI=1S/C13H23N3O/c1-10(2)15-13(17)11(3)16(9-8-14)12-6-4-5-7-12/h10-12H,4-7,9H2,1-3H3,(H,15,17). The van der Waals surface area contributed by atoms with Crippen LogP contribution in [0.4, 0.5) is 0 Å². The SMILES string of the molecule is CC(C)NC(=O)C(C)N(CC#N)C1CCCC1. The van der Waals surface area contributed by atoms with Crippen LogP contribution in [0.1, 0.15) is 46.5 Å². The minimum Gasteiger partial charge on any atom is -0.353 e. The molecule has 4 heteroatoms. The molecule has 1 amide bonds. The number of nitrogens with zero attached hydrogens (tertiary/aromatic N) is 2. The van der Waals surface area contributed by atoms with Gasteiger partial charge in [-0.25, -0.2) is 0 Å². The lowest BCUT2D eigenvalue weighted by atomic mass is 10.1. The van der Waals surface area contributed by atoms with Crippen LogP contribution in [-0.4, -0.2) is 35.5 Å². The van der Waals surface area contributed by atoms with Crippen LogP contribution in [-0.2, 0) is 4.79 Å². The molecule has 4 nitrogen and oxygen atoms in total.